The molecule has 1 aromatic carbocycles. The Morgan fingerprint density at radius 3 is 2.63 bits per heavy atom. The molecule has 0 spiro atoms. The van der Waals surface area contributed by atoms with Crippen molar-refractivity contribution in [1.82, 2.24) is 9.97 Å². The molecule has 0 saturated carbocycles. The Labute approximate surface area is 115 Å². The van der Waals surface area contributed by atoms with Crippen LogP contribution in [-0.4, -0.2) is 9.97 Å². The Morgan fingerprint density at radius 2 is 2.05 bits per heavy atom. The molecule has 2 aromatic rings. The van der Waals surface area contributed by atoms with Crippen LogP contribution in [0.4, 0.5) is 17.6 Å². The largest absolute Gasteiger partial charge is 0.416 e. The van der Waals surface area contributed by atoms with Crippen LogP contribution < -0.4 is 0 Å². The lowest BCUT2D eigenvalue weighted by Crippen LogP contribution is -2.08. The number of rotatable bonds is 3. The van der Waals surface area contributed by atoms with Gasteiger partial charge >= 0.3 is 6.18 Å². The predicted octanol–water partition coefficient (Wildman–Crippen LogP) is 4.25. The predicted molar refractivity (Wildman–Crippen MR) is 65.4 cm³/mol. The fraction of sp³-hybridized carbons (Fsp3) is 0.250. The van der Waals surface area contributed by atoms with Crippen LogP contribution in [-0.2, 0) is 12.6 Å². The fourth-order valence-electron chi connectivity index (χ4n) is 1.65. The molecule has 0 aliphatic heterocycles. The molecule has 0 radical (unpaired) electrons. The summed E-state index contributed by atoms with van der Waals surface area (Å²) in [6.45, 7) is 0. The van der Waals surface area contributed by atoms with E-state index in [1.165, 1.54) is 6.20 Å². The highest BCUT2D eigenvalue weighted by atomic mass is 79.9. The molecular weight excluding hydrogens is 328 g/mol. The molecule has 1 unspecified atom stereocenters. The van der Waals surface area contributed by atoms with E-state index in [0.29, 0.717) is 5.82 Å². The summed E-state index contributed by atoms with van der Waals surface area (Å²) in [6, 6.07) is 2.37. The number of hydrogen-bond donors (Lipinski definition) is 1. The number of alkyl halides is 4. The van der Waals surface area contributed by atoms with Crippen molar-refractivity contribution in [3.63, 3.8) is 0 Å². The quantitative estimate of drug-likeness (QED) is 0.658. The third-order valence-electron chi connectivity index (χ3n) is 2.59. The minimum absolute atomic E-state index is 0.0359. The van der Waals surface area contributed by atoms with Crippen LogP contribution in [0, 0.1) is 5.82 Å². The van der Waals surface area contributed by atoms with E-state index in [-0.39, 0.29) is 12.0 Å². The molecule has 1 aromatic heterocycles. The van der Waals surface area contributed by atoms with Gasteiger partial charge in [0, 0.05) is 29.2 Å². The summed E-state index contributed by atoms with van der Waals surface area (Å²) in [6.07, 6.45) is -1.10. The molecule has 2 rings (SSSR count). The van der Waals surface area contributed by atoms with E-state index in [1.807, 2.05) is 0 Å². The first kappa shape index (κ1) is 14.0. The lowest BCUT2D eigenvalue weighted by molar-refractivity contribution is -0.137. The summed E-state index contributed by atoms with van der Waals surface area (Å²) in [7, 11) is 0. The number of halogens is 5. The van der Waals surface area contributed by atoms with E-state index in [0.717, 1.165) is 18.2 Å². The second-order valence-electron chi connectivity index (χ2n) is 3.94. The molecule has 0 aliphatic carbocycles. The zero-order chi connectivity index (χ0) is 14.0. The van der Waals surface area contributed by atoms with Gasteiger partial charge in [0.15, 0.2) is 0 Å². The van der Waals surface area contributed by atoms with Gasteiger partial charge in [-0.05, 0) is 18.2 Å². The lowest BCUT2D eigenvalue weighted by Gasteiger charge is -2.13. The Bertz CT molecular complexity index is 551. The van der Waals surface area contributed by atoms with Crippen LogP contribution in [0.3, 0.4) is 0 Å². The van der Waals surface area contributed by atoms with Crippen LogP contribution in [0.15, 0.2) is 30.6 Å². The van der Waals surface area contributed by atoms with Gasteiger partial charge in [-0.25, -0.2) is 9.37 Å². The van der Waals surface area contributed by atoms with Crippen LogP contribution in [0.5, 0.6) is 0 Å². The molecular formula is C12H9BrF4N2. The normalized spacial score (nSPS) is 13.5. The topological polar surface area (TPSA) is 28.7 Å². The van der Waals surface area contributed by atoms with Crippen LogP contribution >= 0.6 is 15.9 Å². The molecule has 7 heteroatoms. The molecule has 0 saturated heterocycles. The molecule has 2 nitrogen and oxygen atoms in total. The molecule has 1 atom stereocenters. The number of nitrogens with one attached hydrogen (secondary N) is 1. The highest BCUT2D eigenvalue weighted by molar-refractivity contribution is 9.09. The van der Waals surface area contributed by atoms with Crippen molar-refractivity contribution in [3.05, 3.63) is 53.4 Å². The summed E-state index contributed by atoms with van der Waals surface area (Å²) >= 11 is 3.19. The van der Waals surface area contributed by atoms with E-state index < -0.39 is 22.4 Å². The van der Waals surface area contributed by atoms with Crippen molar-refractivity contribution in [2.24, 2.45) is 0 Å². The number of benzene rings is 1. The molecule has 102 valence electrons. The highest BCUT2D eigenvalue weighted by Gasteiger charge is 2.31. The molecule has 0 bridgehead atoms. The maximum atomic E-state index is 13.6. The van der Waals surface area contributed by atoms with E-state index in [2.05, 4.69) is 25.9 Å². The van der Waals surface area contributed by atoms with Crippen LogP contribution in [0.25, 0.3) is 0 Å². The smallest absolute Gasteiger partial charge is 0.349 e. The van der Waals surface area contributed by atoms with Gasteiger partial charge in [-0.1, -0.05) is 15.9 Å². The highest BCUT2D eigenvalue weighted by Crippen LogP contribution is 2.34. The minimum atomic E-state index is -4.49. The Morgan fingerprint density at radius 1 is 1.32 bits per heavy atom. The van der Waals surface area contributed by atoms with Crippen molar-refractivity contribution in [2.75, 3.05) is 0 Å². The summed E-state index contributed by atoms with van der Waals surface area (Å²) in [4.78, 5) is 6.19. The van der Waals surface area contributed by atoms with Gasteiger partial charge in [-0.15, -0.1) is 0 Å². The zero-order valence-electron chi connectivity index (χ0n) is 9.51. The van der Waals surface area contributed by atoms with Gasteiger partial charge in [0.1, 0.15) is 11.6 Å². The van der Waals surface area contributed by atoms with Crippen molar-refractivity contribution < 1.29 is 17.6 Å². The van der Waals surface area contributed by atoms with Crippen molar-refractivity contribution >= 4 is 15.9 Å². The number of aromatic amines is 1. The second kappa shape index (κ2) is 5.32. The summed E-state index contributed by atoms with van der Waals surface area (Å²) < 4.78 is 51.4. The number of hydrogen-bond acceptors (Lipinski definition) is 1. The minimum Gasteiger partial charge on any atom is -0.349 e. The standard InChI is InChI=1S/C12H9BrF4N2/c13-9(6-11-18-3-4-19-11)8-5-7(12(15,16)17)1-2-10(8)14/h1-5,9H,6H2,(H,18,19). The SMILES string of the molecule is Fc1ccc(C(F)(F)F)cc1C(Br)Cc1ncc[nH]1. The number of H-pyrrole nitrogens is 1. The molecule has 0 amide bonds. The van der Waals surface area contributed by atoms with Gasteiger partial charge in [-0.2, -0.15) is 13.2 Å². The number of nitrogens with zero attached hydrogens (tertiary/aromatic N) is 1. The van der Waals surface area contributed by atoms with Gasteiger partial charge < -0.3 is 4.98 Å². The summed E-state index contributed by atoms with van der Waals surface area (Å²) in [5, 5.41) is 0. The first-order valence-corrected chi connectivity index (χ1v) is 6.28. The van der Waals surface area contributed by atoms with Crippen molar-refractivity contribution in [2.45, 2.75) is 17.4 Å². The number of imidazole rings is 1. The average Bonchev–Trinajstić information content (AvgIpc) is 2.80. The average molecular weight is 337 g/mol. The monoisotopic (exact) mass is 336 g/mol. The molecule has 0 aliphatic rings. The Kier molecular flexibility index (Phi) is 3.93. The van der Waals surface area contributed by atoms with Gasteiger partial charge in [0.2, 0.25) is 0 Å². The third-order valence-corrected chi connectivity index (χ3v) is 3.41. The first-order valence-electron chi connectivity index (χ1n) is 5.37. The van der Waals surface area contributed by atoms with Gasteiger partial charge in [-0.3, -0.25) is 0 Å². The molecule has 19 heavy (non-hydrogen) atoms. The molecule has 1 heterocycles. The second-order valence-corrected chi connectivity index (χ2v) is 5.05. The van der Waals surface area contributed by atoms with Crippen LogP contribution in [0.2, 0.25) is 0 Å². The zero-order valence-corrected chi connectivity index (χ0v) is 11.1. The van der Waals surface area contributed by atoms with E-state index in [4.69, 9.17) is 0 Å². The van der Waals surface area contributed by atoms with E-state index >= 15 is 0 Å². The third kappa shape index (κ3) is 3.34. The first-order chi connectivity index (χ1) is 8.88. The van der Waals surface area contributed by atoms with E-state index in [9.17, 15) is 17.6 Å². The maximum Gasteiger partial charge on any atom is 0.416 e. The van der Waals surface area contributed by atoms with Crippen LogP contribution in [0.1, 0.15) is 21.8 Å². The van der Waals surface area contributed by atoms with Gasteiger partial charge in [0.25, 0.3) is 0 Å². The van der Waals surface area contributed by atoms with E-state index in [1.54, 1.807) is 6.20 Å². The van der Waals surface area contributed by atoms with Crippen molar-refractivity contribution in [3.8, 4) is 0 Å². The van der Waals surface area contributed by atoms with Gasteiger partial charge in [0.05, 0.1) is 5.56 Å². The molecule has 0 fully saturated rings. The Hall–Kier alpha value is -1.37. The fourth-order valence-corrected chi connectivity index (χ4v) is 2.31. The van der Waals surface area contributed by atoms with Crippen molar-refractivity contribution in [1.29, 1.82) is 0 Å². The summed E-state index contributed by atoms with van der Waals surface area (Å²) in [5.74, 6) is -0.111. The number of aromatic nitrogens is 2. The maximum absolute atomic E-state index is 13.6. The molecule has 1 N–H and O–H groups in total. The Balaban J connectivity index is 2.28. The lowest BCUT2D eigenvalue weighted by atomic mass is 10.0. The summed E-state index contributed by atoms with van der Waals surface area (Å²) in [5.41, 5.74) is -0.904.